The Morgan fingerprint density at radius 1 is 1.28 bits per heavy atom. The number of nitrogens with one attached hydrogen (secondary N) is 1. The van der Waals surface area contributed by atoms with Crippen LogP contribution in [0.3, 0.4) is 0 Å². The second-order valence-electron chi connectivity index (χ2n) is 7.79. The SMILES string of the molecule is CN=C(NCc1nccn1CCCc1ccccc1)N(C)CCC1CCOCC1. The molecule has 1 aromatic carbocycles. The van der Waals surface area contributed by atoms with E-state index in [4.69, 9.17) is 4.74 Å². The molecule has 2 heterocycles. The molecule has 1 N–H and O–H groups in total. The van der Waals surface area contributed by atoms with Crippen LogP contribution in [0.4, 0.5) is 0 Å². The van der Waals surface area contributed by atoms with E-state index in [2.05, 4.69) is 68.3 Å². The summed E-state index contributed by atoms with van der Waals surface area (Å²) < 4.78 is 7.70. The molecule has 1 fully saturated rings. The van der Waals surface area contributed by atoms with Gasteiger partial charge in [-0.15, -0.1) is 0 Å². The van der Waals surface area contributed by atoms with E-state index in [1.165, 1.54) is 24.8 Å². The topological polar surface area (TPSA) is 54.7 Å². The average molecular weight is 398 g/mol. The lowest BCUT2D eigenvalue weighted by Gasteiger charge is -2.26. The van der Waals surface area contributed by atoms with Crippen LogP contribution in [0.15, 0.2) is 47.7 Å². The van der Waals surface area contributed by atoms with E-state index in [9.17, 15) is 0 Å². The van der Waals surface area contributed by atoms with E-state index in [1.807, 2.05) is 13.2 Å². The normalized spacial score (nSPS) is 15.4. The first-order chi connectivity index (χ1) is 14.3. The van der Waals surface area contributed by atoms with Gasteiger partial charge in [0.2, 0.25) is 0 Å². The monoisotopic (exact) mass is 397 g/mol. The number of aromatic nitrogens is 2. The third-order valence-electron chi connectivity index (χ3n) is 5.70. The van der Waals surface area contributed by atoms with Gasteiger partial charge in [0.15, 0.2) is 5.96 Å². The molecule has 1 aliphatic heterocycles. The Morgan fingerprint density at radius 3 is 2.83 bits per heavy atom. The number of benzene rings is 1. The van der Waals surface area contributed by atoms with Crippen LogP contribution in [-0.2, 0) is 24.2 Å². The molecule has 0 amide bonds. The van der Waals surface area contributed by atoms with Crippen molar-refractivity contribution in [1.29, 1.82) is 0 Å². The first-order valence-corrected chi connectivity index (χ1v) is 10.8. The number of hydrogen-bond donors (Lipinski definition) is 1. The summed E-state index contributed by atoms with van der Waals surface area (Å²) in [5.74, 6) is 2.75. The molecule has 1 aromatic heterocycles. The fourth-order valence-corrected chi connectivity index (χ4v) is 3.87. The number of ether oxygens (including phenoxy) is 1. The minimum absolute atomic E-state index is 0.687. The smallest absolute Gasteiger partial charge is 0.193 e. The predicted octanol–water partition coefficient (Wildman–Crippen LogP) is 3.34. The van der Waals surface area contributed by atoms with Crippen LogP contribution in [0.2, 0.25) is 0 Å². The van der Waals surface area contributed by atoms with Crippen molar-refractivity contribution < 1.29 is 4.74 Å². The zero-order valence-corrected chi connectivity index (χ0v) is 17.9. The maximum Gasteiger partial charge on any atom is 0.193 e. The first kappa shape index (κ1) is 21.4. The van der Waals surface area contributed by atoms with E-state index in [0.717, 1.165) is 56.8 Å². The largest absolute Gasteiger partial charge is 0.381 e. The molecule has 0 saturated carbocycles. The summed E-state index contributed by atoms with van der Waals surface area (Å²) in [6.45, 7) is 4.50. The van der Waals surface area contributed by atoms with E-state index in [0.29, 0.717) is 6.54 Å². The summed E-state index contributed by atoms with van der Waals surface area (Å²) >= 11 is 0. The van der Waals surface area contributed by atoms with Gasteiger partial charge in [-0.1, -0.05) is 30.3 Å². The molecule has 2 aromatic rings. The van der Waals surface area contributed by atoms with E-state index >= 15 is 0 Å². The molecule has 1 saturated heterocycles. The number of guanidine groups is 1. The summed E-state index contributed by atoms with van der Waals surface area (Å²) in [5, 5.41) is 3.48. The van der Waals surface area contributed by atoms with Crippen LogP contribution in [0.5, 0.6) is 0 Å². The van der Waals surface area contributed by atoms with Crippen molar-refractivity contribution in [3.8, 4) is 0 Å². The van der Waals surface area contributed by atoms with Crippen molar-refractivity contribution in [2.75, 3.05) is 33.9 Å². The highest BCUT2D eigenvalue weighted by Gasteiger charge is 2.15. The summed E-state index contributed by atoms with van der Waals surface area (Å²) in [6.07, 6.45) is 9.70. The van der Waals surface area contributed by atoms with Crippen LogP contribution in [0.1, 0.15) is 37.1 Å². The summed E-state index contributed by atoms with van der Waals surface area (Å²) in [6, 6.07) is 10.7. The third kappa shape index (κ3) is 6.89. The minimum Gasteiger partial charge on any atom is -0.381 e. The number of imidazole rings is 1. The zero-order chi connectivity index (χ0) is 20.3. The lowest BCUT2D eigenvalue weighted by molar-refractivity contribution is 0.0625. The second-order valence-corrected chi connectivity index (χ2v) is 7.79. The van der Waals surface area contributed by atoms with Gasteiger partial charge in [0, 0.05) is 52.8 Å². The summed E-state index contributed by atoms with van der Waals surface area (Å²) in [4.78, 5) is 11.2. The van der Waals surface area contributed by atoms with Crippen molar-refractivity contribution in [3.63, 3.8) is 0 Å². The van der Waals surface area contributed by atoms with Gasteiger partial charge in [-0.25, -0.2) is 4.98 Å². The molecule has 0 spiro atoms. The zero-order valence-electron chi connectivity index (χ0n) is 17.9. The highest BCUT2D eigenvalue weighted by atomic mass is 16.5. The number of aryl methyl sites for hydroxylation is 2. The van der Waals surface area contributed by atoms with Crippen LogP contribution in [-0.4, -0.2) is 54.3 Å². The molecule has 1 aliphatic rings. The lowest BCUT2D eigenvalue weighted by atomic mass is 9.96. The predicted molar refractivity (Wildman–Crippen MR) is 118 cm³/mol. The molecule has 158 valence electrons. The number of rotatable bonds is 9. The van der Waals surface area contributed by atoms with Gasteiger partial charge in [-0.05, 0) is 43.6 Å². The molecule has 29 heavy (non-hydrogen) atoms. The van der Waals surface area contributed by atoms with Gasteiger partial charge >= 0.3 is 0 Å². The van der Waals surface area contributed by atoms with Gasteiger partial charge < -0.3 is 19.5 Å². The fraction of sp³-hybridized carbons (Fsp3) is 0.565. The molecule has 0 atom stereocenters. The van der Waals surface area contributed by atoms with Gasteiger partial charge in [0.25, 0.3) is 0 Å². The van der Waals surface area contributed by atoms with Gasteiger partial charge in [-0.3, -0.25) is 4.99 Å². The molecule has 3 rings (SSSR count). The highest BCUT2D eigenvalue weighted by molar-refractivity contribution is 5.79. The maximum absolute atomic E-state index is 5.46. The van der Waals surface area contributed by atoms with E-state index in [-0.39, 0.29) is 0 Å². The Balaban J connectivity index is 1.42. The molecular weight excluding hydrogens is 362 g/mol. The molecule has 0 unspecified atom stereocenters. The van der Waals surface area contributed by atoms with Gasteiger partial charge in [-0.2, -0.15) is 0 Å². The Bertz CT molecular complexity index is 737. The van der Waals surface area contributed by atoms with Crippen LogP contribution in [0, 0.1) is 5.92 Å². The lowest BCUT2D eigenvalue weighted by Crippen LogP contribution is -2.40. The summed E-state index contributed by atoms with van der Waals surface area (Å²) in [5.41, 5.74) is 1.39. The second kappa shape index (κ2) is 11.6. The Hall–Kier alpha value is -2.34. The molecule has 6 heteroatoms. The molecule has 0 bridgehead atoms. The average Bonchev–Trinajstić information content (AvgIpc) is 3.21. The number of hydrogen-bond acceptors (Lipinski definition) is 3. The van der Waals surface area contributed by atoms with E-state index < -0.39 is 0 Å². The van der Waals surface area contributed by atoms with Crippen molar-refractivity contribution in [2.45, 2.75) is 45.2 Å². The van der Waals surface area contributed by atoms with Crippen LogP contribution in [0.25, 0.3) is 0 Å². The van der Waals surface area contributed by atoms with Gasteiger partial charge in [0.05, 0.1) is 6.54 Å². The third-order valence-corrected chi connectivity index (χ3v) is 5.70. The van der Waals surface area contributed by atoms with Crippen molar-refractivity contribution in [3.05, 3.63) is 54.1 Å². The van der Waals surface area contributed by atoms with Gasteiger partial charge in [0.1, 0.15) is 5.82 Å². The molecule has 0 radical (unpaired) electrons. The minimum atomic E-state index is 0.687. The fourth-order valence-electron chi connectivity index (χ4n) is 3.87. The van der Waals surface area contributed by atoms with Crippen LogP contribution >= 0.6 is 0 Å². The molecule has 0 aliphatic carbocycles. The quantitative estimate of drug-likeness (QED) is 0.521. The van der Waals surface area contributed by atoms with Crippen molar-refractivity contribution >= 4 is 5.96 Å². The molecule has 6 nitrogen and oxygen atoms in total. The number of aliphatic imine (C=N–C) groups is 1. The maximum atomic E-state index is 5.46. The Morgan fingerprint density at radius 2 is 2.07 bits per heavy atom. The van der Waals surface area contributed by atoms with Crippen molar-refractivity contribution in [1.82, 2.24) is 19.8 Å². The van der Waals surface area contributed by atoms with E-state index in [1.54, 1.807) is 0 Å². The molecular formula is C23H35N5O. The highest BCUT2D eigenvalue weighted by Crippen LogP contribution is 2.18. The standard InChI is InChI=1S/C23H35N5O/c1-24-23(27(2)15-10-21-11-17-29-18-12-21)26-19-22-25-13-16-28(22)14-6-9-20-7-4-3-5-8-20/h3-5,7-8,13,16,21H,6,9-12,14-15,17-19H2,1-2H3,(H,24,26). The number of nitrogens with zero attached hydrogens (tertiary/aromatic N) is 4. The van der Waals surface area contributed by atoms with Crippen LogP contribution < -0.4 is 5.32 Å². The Kier molecular flexibility index (Phi) is 8.56. The van der Waals surface area contributed by atoms with Crippen molar-refractivity contribution in [2.24, 2.45) is 10.9 Å². The summed E-state index contributed by atoms with van der Waals surface area (Å²) in [7, 11) is 3.96. The Labute approximate surface area is 175 Å². The first-order valence-electron chi connectivity index (χ1n) is 10.8.